The molecule has 3 aromatic rings. The maximum Gasteiger partial charge on any atom is 0.134 e. The highest BCUT2D eigenvalue weighted by Crippen LogP contribution is 2.38. The van der Waals surface area contributed by atoms with Gasteiger partial charge in [-0.1, -0.05) is 42.5 Å². The summed E-state index contributed by atoms with van der Waals surface area (Å²) in [6.07, 6.45) is 3.22. The van der Waals surface area contributed by atoms with Crippen LogP contribution in [0.25, 0.3) is 0 Å². The van der Waals surface area contributed by atoms with Crippen molar-refractivity contribution in [2.24, 2.45) is 0 Å². The van der Waals surface area contributed by atoms with E-state index in [4.69, 9.17) is 14.7 Å². The summed E-state index contributed by atoms with van der Waals surface area (Å²) < 4.78 is 5.37. The average Bonchev–Trinajstić information content (AvgIpc) is 3.62. The summed E-state index contributed by atoms with van der Waals surface area (Å²) >= 11 is 0. The number of rotatable bonds is 9. The van der Waals surface area contributed by atoms with Crippen LogP contribution in [0.3, 0.4) is 0 Å². The summed E-state index contributed by atoms with van der Waals surface area (Å²) in [4.78, 5) is 11.8. The quantitative estimate of drug-likeness (QED) is 0.571. The Kier molecular flexibility index (Phi) is 6.29. The number of ether oxygens (including phenoxy) is 1. The minimum Gasteiger partial charge on any atom is -0.497 e. The zero-order valence-electron chi connectivity index (χ0n) is 18.0. The molecular weight excluding hydrogens is 372 g/mol. The van der Waals surface area contributed by atoms with E-state index < -0.39 is 0 Å². The number of aromatic nitrogens is 2. The zero-order valence-corrected chi connectivity index (χ0v) is 18.0. The third kappa shape index (κ3) is 5.16. The molecular formula is C25H30N4O. The molecule has 30 heavy (non-hydrogen) atoms. The van der Waals surface area contributed by atoms with Crippen molar-refractivity contribution in [2.75, 3.05) is 26.1 Å². The molecule has 156 valence electrons. The van der Waals surface area contributed by atoms with Crippen LogP contribution in [0, 0.1) is 0 Å². The average molecular weight is 403 g/mol. The van der Waals surface area contributed by atoms with Gasteiger partial charge in [-0.3, -0.25) is 0 Å². The van der Waals surface area contributed by atoms with Gasteiger partial charge in [0.05, 0.1) is 7.11 Å². The largest absolute Gasteiger partial charge is 0.497 e. The van der Waals surface area contributed by atoms with E-state index in [1.165, 1.54) is 24.0 Å². The normalized spacial score (nSPS) is 14.4. The van der Waals surface area contributed by atoms with E-state index in [1.807, 2.05) is 26.2 Å². The van der Waals surface area contributed by atoms with Crippen molar-refractivity contribution < 1.29 is 4.74 Å². The van der Waals surface area contributed by atoms with Crippen molar-refractivity contribution in [3.8, 4) is 5.75 Å². The molecule has 1 saturated carbocycles. The van der Waals surface area contributed by atoms with Crippen LogP contribution in [0.1, 0.15) is 47.4 Å². The molecule has 0 amide bonds. The third-order valence-electron chi connectivity index (χ3n) is 5.49. The van der Waals surface area contributed by atoms with Gasteiger partial charge in [-0.15, -0.1) is 0 Å². The Bertz CT molecular complexity index is 950. The minimum atomic E-state index is 0.161. The molecule has 1 N–H and O–H groups in total. The van der Waals surface area contributed by atoms with Gasteiger partial charge in [-0.2, -0.15) is 0 Å². The molecule has 0 bridgehead atoms. The van der Waals surface area contributed by atoms with Crippen LogP contribution in [-0.2, 0) is 13.0 Å². The predicted molar refractivity (Wildman–Crippen MR) is 121 cm³/mol. The SMILES string of the molecule is COc1cccc(CN[C@H](Cc2cc(N(C)C)nc(C3CC3)n2)c2ccccc2)c1. The fourth-order valence-electron chi connectivity index (χ4n) is 3.59. The van der Waals surface area contributed by atoms with Crippen LogP contribution in [0.2, 0.25) is 0 Å². The van der Waals surface area contributed by atoms with E-state index in [0.717, 1.165) is 36.1 Å². The van der Waals surface area contributed by atoms with E-state index in [1.54, 1.807) is 7.11 Å². The van der Waals surface area contributed by atoms with Crippen LogP contribution < -0.4 is 15.0 Å². The standard InChI is InChI=1S/C25H30N4O/c1-29(2)24-16-21(27-25(28-24)20-12-13-20)15-23(19-9-5-4-6-10-19)26-17-18-8-7-11-22(14-18)30-3/h4-11,14,16,20,23,26H,12-13,15,17H2,1-3H3/t23-/m1/s1. The molecule has 1 atom stereocenters. The number of anilines is 1. The number of nitrogens with zero attached hydrogens (tertiary/aromatic N) is 3. The van der Waals surface area contributed by atoms with Crippen molar-refractivity contribution in [1.29, 1.82) is 0 Å². The topological polar surface area (TPSA) is 50.3 Å². The number of methoxy groups -OCH3 is 1. The molecule has 0 saturated heterocycles. The van der Waals surface area contributed by atoms with E-state index in [2.05, 4.69) is 58.7 Å². The number of nitrogens with one attached hydrogen (secondary N) is 1. The van der Waals surface area contributed by atoms with Gasteiger partial charge in [-0.25, -0.2) is 9.97 Å². The molecule has 2 aromatic carbocycles. The van der Waals surface area contributed by atoms with E-state index >= 15 is 0 Å². The van der Waals surface area contributed by atoms with Crippen LogP contribution in [0.5, 0.6) is 5.75 Å². The number of hydrogen-bond acceptors (Lipinski definition) is 5. The highest BCUT2D eigenvalue weighted by Gasteiger charge is 2.28. The van der Waals surface area contributed by atoms with Gasteiger partial charge in [0.15, 0.2) is 0 Å². The lowest BCUT2D eigenvalue weighted by molar-refractivity contribution is 0.413. The van der Waals surface area contributed by atoms with Crippen molar-refractivity contribution in [3.05, 3.63) is 83.3 Å². The van der Waals surface area contributed by atoms with Gasteiger partial charge in [0.2, 0.25) is 0 Å². The molecule has 1 aliphatic rings. The summed E-state index contributed by atoms with van der Waals surface area (Å²) in [6, 6.07) is 21.1. The molecule has 5 nitrogen and oxygen atoms in total. The van der Waals surface area contributed by atoms with Crippen molar-refractivity contribution in [1.82, 2.24) is 15.3 Å². The third-order valence-corrected chi connectivity index (χ3v) is 5.49. The fraction of sp³-hybridized carbons (Fsp3) is 0.360. The molecule has 1 aromatic heterocycles. The smallest absolute Gasteiger partial charge is 0.134 e. The second-order valence-corrected chi connectivity index (χ2v) is 8.14. The second-order valence-electron chi connectivity index (χ2n) is 8.14. The lowest BCUT2D eigenvalue weighted by Gasteiger charge is -2.21. The summed E-state index contributed by atoms with van der Waals surface area (Å²) in [5.41, 5.74) is 3.55. The van der Waals surface area contributed by atoms with E-state index in [-0.39, 0.29) is 6.04 Å². The summed E-state index contributed by atoms with van der Waals surface area (Å²) in [5, 5.41) is 3.74. The Morgan fingerprint density at radius 3 is 2.53 bits per heavy atom. The first-order chi connectivity index (χ1) is 14.6. The number of hydrogen-bond donors (Lipinski definition) is 1. The number of benzene rings is 2. The van der Waals surface area contributed by atoms with E-state index in [0.29, 0.717) is 5.92 Å². The Labute approximate surface area is 179 Å². The van der Waals surface area contributed by atoms with Gasteiger partial charge < -0.3 is 15.0 Å². The van der Waals surface area contributed by atoms with Crippen LogP contribution in [0.4, 0.5) is 5.82 Å². The Morgan fingerprint density at radius 1 is 1.03 bits per heavy atom. The molecule has 5 heteroatoms. The van der Waals surface area contributed by atoms with Crippen LogP contribution >= 0.6 is 0 Å². The van der Waals surface area contributed by atoms with Gasteiger partial charge in [0.25, 0.3) is 0 Å². The molecule has 4 rings (SSSR count). The lowest BCUT2D eigenvalue weighted by Crippen LogP contribution is -2.24. The molecule has 1 heterocycles. The highest BCUT2D eigenvalue weighted by atomic mass is 16.5. The van der Waals surface area contributed by atoms with Gasteiger partial charge in [0, 0.05) is 50.8 Å². The van der Waals surface area contributed by atoms with Gasteiger partial charge in [-0.05, 0) is 36.1 Å². The monoisotopic (exact) mass is 402 g/mol. The highest BCUT2D eigenvalue weighted by molar-refractivity contribution is 5.39. The first kappa shape index (κ1) is 20.4. The second kappa shape index (κ2) is 9.26. The Morgan fingerprint density at radius 2 is 1.83 bits per heavy atom. The molecule has 0 spiro atoms. The van der Waals surface area contributed by atoms with Crippen molar-refractivity contribution >= 4 is 5.82 Å². The molecule has 1 fully saturated rings. The predicted octanol–water partition coefficient (Wildman–Crippen LogP) is 4.50. The van der Waals surface area contributed by atoms with Crippen molar-refractivity contribution in [2.45, 2.75) is 37.8 Å². The molecule has 0 aliphatic heterocycles. The Hall–Kier alpha value is -2.92. The maximum absolute atomic E-state index is 5.37. The van der Waals surface area contributed by atoms with Gasteiger partial charge >= 0.3 is 0 Å². The van der Waals surface area contributed by atoms with E-state index in [9.17, 15) is 0 Å². The molecule has 0 unspecified atom stereocenters. The van der Waals surface area contributed by atoms with Crippen LogP contribution in [-0.4, -0.2) is 31.2 Å². The minimum absolute atomic E-state index is 0.161. The molecule has 1 aliphatic carbocycles. The maximum atomic E-state index is 5.37. The van der Waals surface area contributed by atoms with Crippen LogP contribution in [0.15, 0.2) is 60.7 Å². The lowest BCUT2D eigenvalue weighted by atomic mass is 10.0. The van der Waals surface area contributed by atoms with Crippen molar-refractivity contribution in [3.63, 3.8) is 0 Å². The zero-order chi connectivity index (χ0) is 20.9. The first-order valence-electron chi connectivity index (χ1n) is 10.6. The fourth-order valence-corrected chi connectivity index (χ4v) is 3.59. The summed E-state index contributed by atoms with van der Waals surface area (Å²) in [6.45, 7) is 0.762. The Balaban J connectivity index is 1.57. The first-order valence-corrected chi connectivity index (χ1v) is 10.6. The molecule has 0 radical (unpaired) electrons. The summed E-state index contributed by atoms with van der Waals surface area (Å²) in [7, 11) is 5.78. The van der Waals surface area contributed by atoms with Gasteiger partial charge in [0.1, 0.15) is 17.4 Å². The summed E-state index contributed by atoms with van der Waals surface area (Å²) in [5.74, 6) is 3.40.